The quantitative estimate of drug-likeness (QED) is 0.264. The topological polar surface area (TPSA) is 122 Å². The number of nitro groups is 1. The molecule has 0 atom stereocenters. The summed E-state index contributed by atoms with van der Waals surface area (Å²) in [6, 6.07) is 9.71. The van der Waals surface area contributed by atoms with E-state index in [4.69, 9.17) is 18.9 Å². The SMILES string of the molecule is CCOc1cc([N+](=O)[O-])c(C(=O)OCc2csc(Nc3ccc(OC)cc3)n2)cc1OC. The van der Waals surface area contributed by atoms with E-state index in [9.17, 15) is 14.9 Å². The van der Waals surface area contributed by atoms with E-state index in [0.717, 1.165) is 17.5 Å². The molecular formula is C21H21N3O7S. The monoisotopic (exact) mass is 459 g/mol. The Bertz CT molecular complexity index is 1100. The molecule has 0 aliphatic rings. The fraction of sp³-hybridized carbons (Fsp3) is 0.238. The van der Waals surface area contributed by atoms with Crippen LogP contribution in [0.3, 0.4) is 0 Å². The second-order valence-electron chi connectivity index (χ2n) is 6.28. The van der Waals surface area contributed by atoms with E-state index in [-0.39, 0.29) is 30.3 Å². The van der Waals surface area contributed by atoms with Crippen LogP contribution in [0.1, 0.15) is 23.0 Å². The van der Waals surface area contributed by atoms with Crippen molar-refractivity contribution < 1.29 is 28.7 Å². The molecule has 0 fully saturated rings. The number of thiazole rings is 1. The molecule has 0 radical (unpaired) electrons. The third-order valence-corrected chi connectivity index (χ3v) is 5.05. The summed E-state index contributed by atoms with van der Waals surface area (Å²) >= 11 is 1.33. The van der Waals surface area contributed by atoms with Crippen molar-refractivity contribution >= 4 is 33.8 Å². The minimum Gasteiger partial charge on any atom is -0.497 e. The number of nitrogens with zero attached hydrogens (tertiary/aromatic N) is 2. The maximum Gasteiger partial charge on any atom is 0.345 e. The Hall–Kier alpha value is -3.86. The van der Waals surface area contributed by atoms with Gasteiger partial charge >= 0.3 is 5.97 Å². The number of ether oxygens (including phenoxy) is 4. The third-order valence-electron chi connectivity index (χ3n) is 4.24. The van der Waals surface area contributed by atoms with Gasteiger partial charge in [0.05, 0.1) is 37.5 Å². The van der Waals surface area contributed by atoms with Gasteiger partial charge in [-0.2, -0.15) is 0 Å². The van der Waals surface area contributed by atoms with Gasteiger partial charge in [-0.1, -0.05) is 0 Å². The summed E-state index contributed by atoms with van der Waals surface area (Å²) in [4.78, 5) is 27.7. The van der Waals surface area contributed by atoms with Gasteiger partial charge in [0.2, 0.25) is 0 Å². The van der Waals surface area contributed by atoms with Crippen LogP contribution in [-0.4, -0.2) is 36.7 Å². The first kappa shape index (κ1) is 22.8. The lowest BCUT2D eigenvalue weighted by Gasteiger charge is -2.11. The standard InChI is InChI=1S/C21H21N3O7S/c1-4-30-19-10-17(24(26)27)16(9-18(19)29-3)20(25)31-11-14-12-32-21(23-14)22-13-5-7-15(28-2)8-6-13/h5-10,12H,4,11H2,1-3H3,(H,22,23). The first-order valence-corrected chi connectivity index (χ1v) is 10.3. The van der Waals surface area contributed by atoms with E-state index in [0.29, 0.717) is 10.8 Å². The smallest absolute Gasteiger partial charge is 0.345 e. The Kier molecular flexibility index (Phi) is 7.45. The van der Waals surface area contributed by atoms with Gasteiger partial charge < -0.3 is 24.3 Å². The molecule has 0 unspecified atom stereocenters. The number of rotatable bonds is 10. The van der Waals surface area contributed by atoms with Crippen molar-refractivity contribution in [3.05, 3.63) is 63.1 Å². The highest BCUT2D eigenvalue weighted by Gasteiger charge is 2.26. The Morgan fingerprint density at radius 2 is 1.91 bits per heavy atom. The zero-order valence-corrected chi connectivity index (χ0v) is 18.4. The predicted octanol–water partition coefficient (Wildman–Crippen LogP) is 4.57. The average molecular weight is 459 g/mol. The molecule has 1 aromatic heterocycles. The van der Waals surface area contributed by atoms with Gasteiger partial charge in [-0.15, -0.1) is 11.3 Å². The first-order chi connectivity index (χ1) is 15.4. The minimum absolute atomic E-state index is 0.147. The molecular weight excluding hydrogens is 438 g/mol. The molecule has 0 amide bonds. The van der Waals surface area contributed by atoms with Crippen molar-refractivity contribution in [2.45, 2.75) is 13.5 Å². The van der Waals surface area contributed by atoms with Crippen molar-refractivity contribution in [2.75, 3.05) is 26.1 Å². The van der Waals surface area contributed by atoms with Gasteiger partial charge in [0.15, 0.2) is 16.6 Å². The van der Waals surface area contributed by atoms with Crippen LogP contribution in [0.2, 0.25) is 0 Å². The number of carbonyl (C=O) groups is 1. The van der Waals surface area contributed by atoms with E-state index in [1.54, 1.807) is 19.4 Å². The van der Waals surface area contributed by atoms with Crippen LogP contribution in [-0.2, 0) is 11.3 Å². The van der Waals surface area contributed by atoms with Gasteiger partial charge in [-0.25, -0.2) is 9.78 Å². The molecule has 0 bridgehead atoms. The van der Waals surface area contributed by atoms with Gasteiger partial charge in [0.25, 0.3) is 5.69 Å². The molecule has 3 aromatic rings. The van der Waals surface area contributed by atoms with Crippen LogP contribution in [0, 0.1) is 10.1 Å². The van der Waals surface area contributed by atoms with Gasteiger partial charge in [-0.05, 0) is 31.2 Å². The second kappa shape index (κ2) is 10.4. The van der Waals surface area contributed by atoms with Crippen LogP contribution in [0.5, 0.6) is 17.2 Å². The highest BCUT2D eigenvalue weighted by molar-refractivity contribution is 7.13. The zero-order chi connectivity index (χ0) is 23.1. The molecule has 0 saturated carbocycles. The van der Waals surface area contributed by atoms with Gasteiger partial charge in [0.1, 0.15) is 17.9 Å². The number of hydrogen-bond acceptors (Lipinski definition) is 10. The molecule has 11 heteroatoms. The van der Waals surface area contributed by atoms with Crippen molar-refractivity contribution in [3.8, 4) is 17.2 Å². The fourth-order valence-electron chi connectivity index (χ4n) is 2.74. The lowest BCUT2D eigenvalue weighted by atomic mass is 10.1. The Balaban J connectivity index is 1.69. The number of nitro benzene ring substituents is 1. The lowest BCUT2D eigenvalue weighted by Crippen LogP contribution is -2.10. The summed E-state index contributed by atoms with van der Waals surface area (Å²) < 4.78 is 20.9. The molecule has 2 aromatic carbocycles. The molecule has 0 saturated heterocycles. The molecule has 0 spiro atoms. The first-order valence-electron chi connectivity index (χ1n) is 9.47. The number of carbonyl (C=O) groups excluding carboxylic acids is 1. The summed E-state index contributed by atoms with van der Waals surface area (Å²) in [5, 5.41) is 16.9. The molecule has 32 heavy (non-hydrogen) atoms. The van der Waals surface area contributed by atoms with Crippen LogP contribution in [0.25, 0.3) is 0 Å². The van der Waals surface area contributed by atoms with E-state index in [2.05, 4.69) is 10.3 Å². The third kappa shape index (κ3) is 5.43. The second-order valence-corrected chi connectivity index (χ2v) is 7.14. The maximum atomic E-state index is 12.6. The molecule has 0 aliphatic carbocycles. The van der Waals surface area contributed by atoms with E-state index in [1.165, 1.54) is 24.5 Å². The van der Waals surface area contributed by atoms with Crippen molar-refractivity contribution in [1.82, 2.24) is 4.98 Å². The van der Waals surface area contributed by atoms with E-state index in [1.807, 2.05) is 24.3 Å². The van der Waals surface area contributed by atoms with Gasteiger partial charge in [-0.3, -0.25) is 10.1 Å². The number of nitrogens with one attached hydrogen (secondary N) is 1. The molecule has 10 nitrogen and oxygen atoms in total. The highest BCUT2D eigenvalue weighted by atomic mass is 32.1. The molecule has 0 aliphatic heterocycles. The summed E-state index contributed by atoms with van der Waals surface area (Å²) in [5.41, 5.74) is 0.655. The number of esters is 1. The number of aromatic nitrogens is 1. The van der Waals surface area contributed by atoms with Crippen LogP contribution in [0.15, 0.2) is 41.8 Å². The van der Waals surface area contributed by atoms with Crippen LogP contribution >= 0.6 is 11.3 Å². The Morgan fingerprint density at radius 1 is 1.16 bits per heavy atom. The molecule has 3 rings (SSSR count). The number of benzene rings is 2. The Labute approximate surface area is 187 Å². The number of hydrogen-bond donors (Lipinski definition) is 1. The fourth-order valence-corrected chi connectivity index (χ4v) is 3.45. The van der Waals surface area contributed by atoms with Gasteiger partial charge in [0, 0.05) is 17.1 Å². The summed E-state index contributed by atoms with van der Waals surface area (Å²) in [7, 11) is 2.97. The largest absolute Gasteiger partial charge is 0.497 e. The zero-order valence-electron chi connectivity index (χ0n) is 17.6. The molecule has 1 heterocycles. The number of methoxy groups -OCH3 is 2. The van der Waals surface area contributed by atoms with Crippen molar-refractivity contribution in [1.29, 1.82) is 0 Å². The average Bonchev–Trinajstić information content (AvgIpc) is 3.25. The van der Waals surface area contributed by atoms with E-state index < -0.39 is 16.6 Å². The van der Waals surface area contributed by atoms with Crippen LogP contribution < -0.4 is 19.5 Å². The summed E-state index contributed by atoms with van der Waals surface area (Å²) in [6.45, 7) is 1.87. The Morgan fingerprint density at radius 3 is 2.53 bits per heavy atom. The molecule has 168 valence electrons. The summed E-state index contributed by atoms with van der Waals surface area (Å²) in [5.74, 6) is 0.244. The summed E-state index contributed by atoms with van der Waals surface area (Å²) in [6.07, 6.45) is 0. The number of anilines is 2. The highest BCUT2D eigenvalue weighted by Crippen LogP contribution is 2.35. The van der Waals surface area contributed by atoms with Crippen LogP contribution in [0.4, 0.5) is 16.5 Å². The normalized spacial score (nSPS) is 10.3. The lowest BCUT2D eigenvalue weighted by molar-refractivity contribution is -0.385. The van der Waals surface area contributed by atoms with Crippen molar-refractivity contribution in [3.63, 3.8) is 0 Å². The molecule has 1 N–H and O–H groups in total. The maximum absolute atomic E-state index is 12.6. The predicted molar refractivity (Wildman–Crippen MR) is 118 cm³/mol. The van der Waals surface area contributed by atoms with E-state index >= 15 is 0 Å². The van der Waals surface area contributed by atoms with Crippen molar-refractivity contribution in [2.24, 2.45) is 0 Å². The minimum atomic E-state index is -0.865.